The third-order valence-corrected chi connectivity index (χ3v) is 3.50. The highest BCUT2D eigenvalue weighted by atomic mass is 16.3. The lowest BCUT2D eigenvalue weighted by Gasteiger charge is -2.31. The molecule has 15 heavy (non-hydrogen) atoms. The van der Waals surface area contributed by atoms with E-state index in [1.165, 1.54) is 5.56 Å². The van der Waals surface area contributed by atoms with Gasteiger partial charge in [0.15, 0.2) is 0 Å². The van der Waals surface area contributed by atoms with Crippen LogP contribution in [-0.4, -0.2) is 21.5 Å². The van der Waals surface area contributed by atoms with E-state index < -0.39 is 0 Å². The molecule has 0 saturated carbocycles. The predicted molar refractivity (Wildman–Crippen MR) is 61.6 cm³/mol. The molecule has 1 unspecified atom stereocenters. The van der Waals surface area contributed by atoms with E-state index in [4.69, 9.17) is 0 Å². The zero-order valence-electron chi connectivity index (χ0n) is 10.2. The molecule has 1 heterocycles. The SMILES string of the molecule is CC(C)C(C)(CO)CCc1cnn(C)c1. The molecule has 0 fully saturated rings. The lowest BCUT2D eigenvalue weighted by atomic mass is 9.76. The summed E-state index contributed by atoms with van der Waals surface area (Å²) in [7, 11) is 1.93. The molecule has 0 aliphatic carbocycles. The van der Waals surface area contributed by atoms with Crippen molar-refractivity contribution in [1.82, 2.24) is 9.78 Å². The van der Waals surface area contributed by atoms with Crippen LogP contribution in [-0.2, 0) is 13.5 Å². The Hall–Kier alpha value is -0.830. The Kier molecular flexibility index (Phi) is 3.91. The Labute approximate surface area is 92.1 Å². The molecule has 0 aliphatic rings. The summed E-state index contributed by atoms with van der Waals surface area (Å²) in [6.07, 6.45) is 5.94. The topological polar surface area (TPSA) is 38.1 Å². The third kappa shape index (κ3) is 3.06. The number of aliphatic hydroxyl groups is 1. The van der Waals surface area contributed by atoms with Gasteiger partial charge in [0.05, 0.1) is 6.20 Å². The van der Waals surface area contributed by atoms with Crippen molar-refractivity contribution in [3.8, 4) is 0 Å². The normalized spacial score (nSPS) is 15.6. The van der Waals surface area contributed by atoms with Gasteiger partial charge in [-0.2, -0.15) is 5.10 Å². The van der Waals surface area contributed by atoms with Gasteiger partial charge in [-0.05, 0) is 29.7 Å². The van der Waals surface area contributed by atoms with Crippen LogP contribution >= 0.6 is 0 Å². The van der Waals surface area contributed by atoms with Crippen molar-refractivity contribution in [3.63, 3.8) is 0 Å². The molecule has 0 saturated heterocycles. The van der Waals surface area contributed by atoms with Crippen LogP contribution in [0.25, 0.3) is 0 Å². The van der Waals surface area contributed by atoms with Gasteiger partial charge in [0, 0.05) is 19.9 Å². The molecule has 3 heteroatoms. The molecule has 0 spiro atoms. The Bertz CT molecular complexity index is 306. The first-order valence-corrected chi connectivity index (χ1v) is 5.56. The largest absolute Gasteiger partial charge is 0.396 e. The maximum absolute atomic E-state index is 9.42. The molecule has 0 aromatic carbocycles. The summed E-state index contributed by atoms with van der Waals surface area (Å²) in [4.78, 5) is 0. The second kappa shape index (κ2) is 4.79. The van der Waals surface area contributed by atoms with Gasteiger partial charge in [0.25, 0.3) is 0 Å². The van der Waals surface area contributed by atoms with Gasteiger partial charge in [0.1, 0.15) is 0 Å². The molecule has 1 aromatic rings. The minimum atomic E-state index is 0.0237. The van der Waals surface area contributed by atoms with Crippen molar-refractivity contribution in [2.45, 2.75) is 33.6 Å². The number of hydrogen-bond acceptors (Lipinski definition) is 2. The minimum absolute atomic E-state index is 0.0237. The summed E-state index contributed by atoms with van der Waals surface area (Å²) in [6.45, 7) is 6.73. The molecule has 0 amide bonds. The maximum Gasteiger partial charge on any atom is 0.0521 e. The highest BCUT2D eigenvalue weighted by molar-refractivity contribution is 5.04. The lowest BCUT2D eigenvalue weighted by Crippen LogP contribution is -2.28. The molecule has 1 N–H and O–H groups in total. The number of aryl methyl sites for hydroxylation is 2. The van der Waals surface area contributed by atoms with Crippen LogP contribution in [0, 0.1) is 11.3 Å². The van der Waals surface area contributed by atoms with E-state index in [1.807, 2.05) is 24.1 Å². The number of aromatic nitrogens is 2. The molecule has 0 aliphatic heterocycles. The van der Waals surface area contributed by atoms with E-state index >= 15 is 0 Å². The van der Waals surface area contributed by atoms with Gasteiger partial charge in [-0.25, -0.2) is 0 Å². The molecule has 0 radical (unpaired) electrons. The Morgan fingerprint density at radius 1 is 1.53 bits per heavy atom. The first-order chi connectivity index (χ1) is 6.98. The summed E-state index contributed by atoms with van der Waals surface area (Å²) in [5, 5.41) is 13.6. The molecule has 86 valence electrons. The molecule has 1 aromatic heterocycles. The van der Waals surface area contributed by atoms with Crippen molar-refractivity contribution in [1.29, 1.82) is 0 Å². The van der Waals surface area contributed by atoms with E-state index in [1.54, 1.807) is 0 Å². The van der Waals surface area contributed by atoms with Gasteiger partial charge in [-0.1, -0.05) is 20.8 Å². The summed E-state index contributed by atoms with van der Waals surface area (Å²) >= 11 is 0. The van der Waals surface area contributed by atoms with Gasteiger partial charge in [0.2, 0.25) is 0 Å². The molecule has 1 rings (SSSR count). The Morgan fingerprint density at radius 3 is 2.60 bits per heavy atom. The van der Waals surface area contributed by atoms with Crippen molar-refractivity contribution in [2.24, 2.45) is 18.4 Å². The van der Waals surface area contributed by atoms with Crippen molar-refractivity contribution < 1.29 is 5.11 Å². The van der Waals surface area contributed by atoms with Gasteiger partial charge in [-0.15, -0.1) is 0 Å². The van der Waals surface area contributed by atoms with Crippen LogP contribution in [0.4, 0.5) is 0 Å². The second-order valence-electron chi connectivity index (χ2n) is 4.99. The first-order valence-electron chi connectivity index (χ1n) is 5.56. The van der Waals surface area contributed by atoms with Crippen LogP contribution in [0.5, 0.6) is 0 Å². The number of nitrogens with zero attached hydrogens (tertiary/aromatic N) is 2. The minimum Gasteiger partial charge on any atom is -0.396 e. The fourth-order valence-electron chi connectivity index (χ4n) is 1.58. The average molecular weight is 210 g/mol. The maximum atomic E-state index is 9.42. The van der Waals surface area contributed by atoms with Gasteiger partial charge < -0.3 is 5.11 Å². The zero-order chi connectivity index (χ0) is 11.5. The van der Waals surface area contributed by atoms with Gasteiger partial charge in [-0.3, -0.25) is 4.68 Å². The highest BCUT2D eigenvalue weighted by Crippen LogP contribution is 2.31. The predicted octanol–water partition coefficient (Wildman–Crippen LogP) is 2.01. The van der Waals surface area contributed by atoms with Crippen LogP contribution in [0.3, 0.4) is 0 Å². The molecule has 1 atom stereocenters. The van der Waals surface area contributed by atoms with Crippen LogP contribution in [0.15, 0.2) is 12.4 Å². The molecule has 3 nitrogen and oxygen atoms in total. The van der Waals surface area contributed by atoms with E-state index in [0.29, 0.717) is 5.92 Å². The first kappa shape index (κ1) is 12.2. The number of rotatable bonds is 5. The Balaban J connectivity index is 2.55. The van der Waals surface area contributed by atoms with Crippen molar-refractivity contribution in [2.75, 3.05) is 6.61 Å². The van der Waals surface area contributed by atoms with Crippen LogP contribution < -0.4 is 0 Å². The third-order valence-electron chi connectivity index (χ3n) is 3.50. The fraction of sp³-hybridized carbons (Fsp3) is 0.750. The summed E-state index contributed by atoms with van der Waals surface area (Å²) in [5.74, 6) is 0.499. The zero-order valence-corrected chi connectivity index (χ0v) is 10.2. The smallest absolute Gasteiger partial charge is 0.0521 e. The monoisotopic (exact) mass is 210 g/mol. The van der Waals surface area contributed by atoms with E-state index in [-0.39, 0.29) is 12.0 Å². The number of aliphatic hydroxyl groups excluding tert-OH is 1. The summed E-state index contributed by atoms with van der Waals surface area (Å²) in [5.41, 5.74) is 1.27. The highest BCUT2D eigenvalue weighted by Gasteiger charge is 2.27. The summed E-state index contributed by atoms with van der Waals surface area (Å²) < 4.78 is 1.82. The Morgan fingerprint density at radius 2 is 2.20 bits per heavy atom. The van der Waals surface area contributed by atoms with Crippen molar-refractivity contribution in [3.05, 3.63) is 18.0 Å². The van der Waals surface area contributed by atoms with Crippen LogP contribution in [0.2, 0.25) is 0 Å². The van der Waals surface area contributed by atoms with Crippen molar-refractivity contribution >= 4 is 0 Å². The fourth-order valence-corrected chi connectivity index (χ4v) is 1.58. The quantitative estimate of drug-likeness (QED) is 0.807. The lowest BCUT2D eigenvalue weighted by molar-refractivity contribution is 0.0858. The molecule has 0 bridgehead atoms. The molecular weight excluding hydrogens is 188 g/mol. The summed E-state index contributed by atoms with van der Waals surface area (Å²) in [6, 6.07) is 0. The van der Waals surface area contributed by atoms with E-state index in [0.717, 1.165) is 12.8 Å². The van der Waals surface area contributed by atoms with Gasteiger partial charge >= 0.3 is 0 Å². The standard InChI is InChI=1S/C12H22N2O/c1-10(2)12(3,9-15)6-5-11-7-13-14(4)8-11/h7-8,10,15H,5-6,9H2,1-4H3. The van der Waals surface area contributed by atoms with Crippen LogP contribution in [0.1, 0.15) is 32.8 Å². The second-order valence-corrected chi connectivity index (χ2v) is 4.99. The van der Waals surface area contributed by atoms with E-state index in [2.05, 4.69) is 25.9 Å². The number of hydrogen-bond donors (Lipinski definition) is 1. The average Bonchev–Trinajstić information content (AvgIpc) is 2.60. The van der Waals surface area contributed by atoms with E-state index in [9.17, 15) is 5.11 Å². The molecular formula is C12H22N2O.